The minimum absolute atomic E-state index is 0.165. The van der Waals surface area contributed by atoms with Crippen molar-refractivity contribution in [2.24, 2.45) is 0 Å². The number of rotatable bonds is 7. The van der Waals surface area contributed by atoms with E-state index in [1.807, 2.05) is 0 Å². The van der Waals surface area contributed by atoms with Crippen LogP contribution in [0.1, 0.15) is 5.56 Å². The maximum absolute atomic E-state index is 11.9. The van der Waals surface area contributed by atoms with Gasteiger partial charge in [0.15, 0.2) is 6.61 Å². The van der Waals surface area contributed by atoms with E-state index in [1.54, 1.807) is 48.5 Å². The van der Waals surface area contributed by atoms with Gasteiger partial charge in [-0.05, 0) is 29.8 Å². The first-order chi connectivity index (χ1) is 11.6. The van der Waals surface area contributed by atoms with Gasteiger partial charge in [-0.15, -0.1) is 0 Å². The van der Waals surface area contributed by atoms with E-state index in [2.05, 4.69) is 5.32 Å². The van der Waals surface area contributed by atoms with Crippen molar-refractivity contribution in [2.45, 2.75) is 0 Å². The predicted octanol–water partition coefficient (Wildman–Crippen LogP) is 2.96. The molecule has 0 fully saturated rings. The zero-order valence-electron chi connectivity index (χ0n) is 13.0. The Morgan fingerprint density at radius 2 is 1.92 bits per heavy atom. The fourth-order valence-electron chi connectivity index (χ4n) is 1.91. The molecule has 0 heterocycles. The second kappa shape index (κ2) is 8.33. The summed E-state index contributed by atoms with van der Waals surface area (Å²) < 4.78 is 10.5. The van der Waals surface area contributed by atoms with Gasteiger partial charge in [0.1, 0.15) is 11.5 Å². The molecule has 1 N–H and O–H groups in total. The molecular weight excluding hydrogens is 312 g/mol. The summed E-state index contributed by atoms with van der Waals surface area (Å²) in [4.78, 5) is 21.6. The molecule has 7 heteroatoms. The van der Waals surface area contributed by atoms with Crippen LogP contribution >= 0.6 is 0 Å². The lowest BCUT2D eigenvalue weighted by Gasteiger charge is -2.10. The first kappa shape index (κ1) is 17.0. The van der Waals surface area contributed by atoms with Gasteiger partial charge < -0.3 is 14.8 Å². The monoisotopic (exact) mass is 328 g/mol. The molecule has 0 aliphatic heterocycles. The third kappa shape index (κ3) is 5.13. The van der Waals surface area contributed by atoms with Gasteiger partial charge in [0, 0.05) is 6.08 Å². The Hall–Kier alpha value is -3.35. The van der Waals surface area contributed by atoms with Crippen LogP contribution in [-0.2, 0) is 4.79 Å². The molecule has 0 aromatic heterocycles. The van der Waals surface area contributed by atoms with Crippen molar-refractivity contribution in [3.63, 3.8) is 0 Å². The molecule has 0 spiro atoms. The van der Waals surface area contributed by atoms with Crippen LogP contribution < -0.4 is 14.8 Å². The van der Waals surface area contributed by atoms with Crippen LogP contribution in [0.25, 0.3) is 6.08 Å². The first-order valence-electron chi connectivity index (χ1n) is 7.06. The number of benzene rings is 2. The average Bonchev–Trinajstić information content (AvgIpc) is 2.59. The summed E-state index contributed by atoms with van der Waals surface area (Å²) >= 11 is 0. The van der Waals surface area contributed by atoms with Gasteiger partial charge in [-0.1, -0.05) is 24.3 Å². The summed E-state index contributed by atoms with van der Waals surface area (Å²) in [7, 11) is 1.52. The van der Waals surface area contributed by atoms with Gasteiger partial charge in [-0.2, -0.15) is 0 Å². The quantitative estimate of drug-likeness (QED) is 0.623. The Kier molecular flexibility index (Phi) is 5.90. The summed E-state index contributed by atoms with van der Waals surface area (Å²) in [6.45, 7) is -0.165. The van der Waals surface area contributed by atoms with Gasteiger partial charge in [0.2, 0.25) is 6.20 Å². The van der Waals surface area contributed by atoms with Crippen LogP contribution in [0.15, 0.2) is 54.7 Å². The molecule has 124 valence electrons. The van der Waals surface area contributed by atoms with Crippen molar-refractivity contribution >= 4 is 17.7 Å². The molecular formula is C17H16N2O5. The zero-order chi connectivity index (χ0) is 17.4. The molecule has 0 atom stereocenters. The largest absolute Gasteiger partial charge is 0.495 e. The molecule has 0 aliphatic carbocycles. The molecule has 2 aromatic carbocycles. The number of amides is 1. The van der Waals surface area contributed by atoms with Gasteiger partial charge in [-0.3, -0.25) is 14.9 Å². The third-order valence-electron chi connectivity index (χ3n) is 3.02. The van der Waals surface area contributed by atoms with Gasteiger partial charge in [0.05, 0.1) is 17.7 Å². The number of nitro groups is 1. The number of anilines is 1. The van der Waals surface area contributed by atoms with Gasteiger partial charge in [-0.25, -0.2) is 0 Å². The zero-order valence-corrected chi connectivity index (χ0v) is 13.0. The number of hydrogen-bond donors (Lipinski definition) is 1. The highest BCUT2D eigenvalue weighted by Gasteiger charge is 2.07. The fraction of sp³-hybridized carbons (Fsp3) is 0.118. The number of methoxy groups -OCH3 is 1. The maximum Gasteiger partial charge on any atom is 0.262 e. The Balaban J connectivity index is 1.88. The Bertz CT molecular complexity index is 741. The lowest BCUT2D eigenvalue weighted by molar-refractivity contribution is -0.400. The van der Waals surface area contributed by atoms with Crippen LogP contribution in [0.2, 0.25) is 0 Å². The topological polar surface area (TPSA) is 90.7 Å². The summed E-state index contributed by atoms with van der Waals surface area (Å²) in [6.07, 6.45) is 2.23. The van der Waals surface area contributed by atoms with Crippen molar-refractivity contribution in [3.05, 3.63) is 70.4 Å². The first-order valence-corrected chi connectivity index (χ1v) is 7.06. The molecule has 24 heavy (non-hydrogen) atoms. The van der Waals surface area contributed by atoms with E-state index >= 15 is 0 Å². The molecule has 2 aromatic rings. The fourth-order valence-corrected chi connectivity index (χ4v) is 1.91. The van der Waals surface area contributed by atoms with Crippen LogP contribution in [0.3, 0.4) is 0 Å². The van der Waals surface area contributed by atoms with Crippen molar-refractivity contribution < 1.29 is 19.2 Å². The molecule has 1 amide bonds. The Morgan fingerprint density at radius 1 is 1.21 bits per heavy atom. The lowest BCUT2D eigenvalue weighted by atomic mass is 10.2. The average molecular weight is 328 g/mol. The van der Waals surface area contributed by atoms with E-state index in [0.717, 1.165) is 6.20 Å². The van der Waals surface area contributed by atoms with E-state index < -0.39 is 4.92 Å². The molecule has 2 rings (SSSR count). The predicted molar refractivity (Wildman–Crippen MR) is 89.6 cm³/mol. The third-order valence-corrected chi connectivity index (χ3v) is 3.02. The SMILES string of the molecule is COc1ccccc1NC(=O)COc1ccc(/C=C\[N+](=O)[O-])cc1. The molecule has 0 radical (unpaired) electrons. The minimum Gasteiger partial charge on any atom is -0.495 e. The summed E-state index contributed by atoms with van der Waals surface area (Å²) in [5.74, 6) is 0.730. The number of carbonyl (C=O) groups excluding carboxylic acids is 1. The van der Waals surface area contributed by atoms with E-state index in [1.165, 1.54) is 13.2 Å². The summed E-state index contributed by atoms with van der Waals surface area (Å²) in [5, 5.41) is 13.0. The normalized spacial score (nSPS) is 10.4. The maximum atomic E-state index is 11.9. The number of nitrogens with one attached hydrogen (secondary N) is 1. The van der Waals surface area contributed by atoms with E-state index in [4.69, 9.17) is 9.47 Å². The second-order valence-corrected chi connectivity index (χ2v) is 4.71. The van der Waals surface area contributed by atoms with Crippen molar-refractivity contribution in [1.29, 1.82) is 0 Å². The van der Waals surface area contributed by atoms with Gasteiger partial charge in [0.25, 0.3) is 5.91 Å². The molecule has 0 aliphatic rings. The summed E-state index contributed by atoms with van der Waals surface area (Å²) in [6, 6.07) is 13.7. The van der Waals surface area contributed by atoms with Crippen molar-refractivity contribution in [1.82, 2.24) is 0 Å². The number of para-hydroxylation sites is 2. The lowest BCUT2D eigenvalue weighted by Crippen LogP contribution is -2.20. The van der Waals surface area contributed by atoms with Crippen LogP contribution in [-0.4, -0.2) is 24.5 Å². The van der Waals surface area contributed by atoms with E-state index in [0.29, 0.717) is 22.7 Å². The van der Waals surface area contributed by atoms with Crippen LogP contribution in [0.5, 0.6) is 11.5 Å². The van der Waals surface area contributed by atoms with E-state index in [9.17, 15) is 14.9 Å². The summed E-state index contributed by atoms with van der Waals surface area (Å²) in [5.41, 5.74) is 1.23. The van der Waals surface area contributed by atoms with Crippen LogP contribution in [0.4, 0.5) is 5.69 Å². The highest BCUT2D eigenvalue weighted by Crippen LogP contribution is 2.22. The number of carbonyl (C=O) groups is 1. The highest BCUT2D eigenvalue weighted by molar-refractivity contribution is 5.93. The standard InChI is InChI=1S/C17H16N2O5/c1-23-16-5-3-2-4-15(16)18-17(20)12-24-14-8-6-13(7-9-14)10-11-19(21)22/h2-11H,12H2,1H3,(H,18,20)/b11-10-. The van der Waals surface area contributed by atoms with E-state index in [-0.39, 0.29) is 12.5 Å². The van der Waals surface area contributed by atoms with Gasteiger partial charge >= 0.3 is 0 Å². The smallest absolute Gasteiger partial charge is 0.262 e. The molecule has 0 saturated carbocycles. The molecule has 0 saturated heterocycles. The second-order valence-electron chi connectivity index (χ2n) is 4.71. The van der Waals surface area contributed by atoms with Crippen molar-refractivity contribution in [2.75, 3.05) is 19.0 Å². The number of nitrogens with zero attached hydrogens (tertiary/aromatic N) is 1. The minimum atomic E-state index is -0.535. The Morgan fingerprint density at radius 3 is 2.58 bits per heavy atom. The van der Waals surface area contributed by atoms with Crippen LogP contribution in [0, 0.1) is 10.1 Å². The number of hydrogen-bond acceptors (Lipinski definition) is 5. The Labute approximate surface area is 138 Å². The van der Waals surface area contributed by atoms with Crippen molar-refractivity contribution in [3.8, 4) is 11.5 Å². The highest BCUT2D eigenvalue weighted by atomic mass is 16.6. The molecule has 0 bridgehead atoms. The molecule has 0 unspecified atom stereocenters. The molecule has 7 nitrogen and oxygen atoms in total. The number of ether oxygens (including phenoxy) is 2.